The molecule has 0 aliphatic heterocycles. The first kappa shape index (κ1) is 61.4. The Morgan fingerprint density at radius 2 is 0.489 bits per heavy atom. The highest BCUT2D eigenvalue weighted by molar-refractivity contribution is 6.00. The van der Waals surface area contributed by atoms with Gasteiger partial charge in [-0.05, 0) is 165 Å². The van der Waals surface area contributed by atoms with E-state index < -0.39 is 23.6 Å². The van der Waals surface area contributed by atoms with E-state index in [0.717, 1.165) is 88.9 Å². The van der Waals surface area contributed by atoms with Gasteiger partial charge < -0.3 is 37.2 Å². The van der Waals surface area contributed by atoms with Crippen LogP contribution in [0.15, 0.2) is 219 Å². The lowest BCUT2D eigenvalue weighted by molar-refractivity contribution is 0.0702. The molecule has 0 spiro atoms. The number of rotatable bonds is 16. The Labute approximate surface area is 505 Å². The number of hydrogen-bond donors (Lipinski definition) is 8. The number of benzene rings is 8. The molecule has 0 bridgehead atoms. The highest BCUT2D eigenvalue weighted by Crippen LogP contribution is 2.25. The number of fused-ring (bicyclic) bond motifs is 4. The van der Waals surface area contributed by atoms with Gasteiger partial charge in [0.15, 0.2) is 0 Å². The molecule has 4 heterocycles. The zero-order valence-corrected chi connectivity index (χ0v) is 48.5. The Morgan fingerprint density at radius 3 is 0.659 bits per heavy atom. The van der Waals surface area contributed by atoms with Gasteiger partial charge in [0.05, 0.1) is 28.4 Å². The zero-order chi connectivity index (χ0) is 62.1. The molecule has 4 aromatic heterocycles. The number of aromatic nitrogens is 4. The van der Waals surface area contributed by atoms with Crippen LogP contribution in [0, 0.1) is 0 Å². The summed E-state index contributed by atoms with van der Waals surface area (Å²) in [6.07, 6.45) is 7.93. The van der Waals surface area contributed by atoms with E-state index in [1.54, 1.807) is 98.9 Å². The summed E-state index contributed by atoms with van der Waals surface area (Å²) in [7, 11) is 6.56. The van der Waals surface area contributed by atoms with E-state index in [1.807, 2.05) is 170 Å². The van der Waals surface area contributed by atoms with Gasteiger partial charge in [0, 0.05) is 95.3 Å². The predicted molar refractivity (Wildman–Crippen MR) is 333 cm³/mol. The van der Waals surface area contributed by atoms with Crippen LogP contribution in [0.3, 0.4) is 0 Å². The van der Waals surface area contributed by atoms with E-state index in [1.165, 1.54) is 0 Å². The normalized spacial score (nSPS) is 10.6. The highest BCUT2D eigenvalue weighted by Gasteiger charge is 2.13. The van der Waals surface area contributed by atoms with Crippen molar-refractivity contribution in [2.24, 2.45) is 0 Å². The van der Waals surface area contributed by atoms with Gasteiger partial charge in [-0.2, -0.15) is 0 Å². The topological polar surface area (TPSA) is 254 Å². The minimum Gasteiger partial charge on any atom is -0.497 e. The van der Waals surface area contributed by atoms with Gasteiger partial charge >= 0.3 is 0 Å². The number of hydroxylamine groups is 4. The molecule has 8 aromatic carbocycles. The van der Waals surface area contributed by atoms with Gasteiger partial charge in [-0.15, -0.1) is 0 Å². The molecule has 20 nitrogen and oxygen atoms in total. The third-order valence-corrected chi connectivity index (χ3v) is 14.6. The monoisotopic (exact) mass is 1180 g/mol. The van der Waals surface area contributed by atoms with Crippen LogP contribution in [0.2, 0.25) is 0 Å². The molecule has 4 amide bonds. The summed E-state index contributed by atoms with van der Waals surface area (Å²) >= 11 is 0. The van der Waals surface area contributed by atoms with E-state index in [9.17, 15) is 19.2 Å². The van der Waals surface area contributed by atoms with Crippen molar-refractivity contribution in [1.82, 2.24) is 40.2 Å². The minimum absolute atomic E-state index is 0.421. The quantitative estimate of drug-likeness (QED) is 0.0332. The molecule has 0 aliphatic rings. The maximum absolute atomic E-state index is 11.5. The zero-order valence-electron chi connectivity index (χ0n) is 48.5. The molecule has 448 valence electrons. The maximum atomic E-state index is 11.5. The van der Waals surface area contributed by atoms with Crippen LogP contribution >= 0.6 is 0 Å². The van der Waals surface area contributed by atoms with Crippen molar-refractivity contribution in [3.05, 3.63) is 263 Å². The van der Waals surface area contributed by atoms with Crippen molar-refractivity contribution < 1.29 is 59.0 Å². The largest absolute Gasteiger partial charge is 0.497 e. The summed E-state index contributed by atoms with van der Waals surface area (Å²) < 4.78 is 28.9. The van der Waals surface area contributed by atoms with Crippen molar-refractivity contribution >= 4 is 67.2 Å². The second-order valence-electron chi connectivity index (χ2n) is 20.0. The lowest BCUT2D eigenvalue weighted by atomic mass is 10.1. The average Bonchev–Trinajstić information content (AvgIpc) is 2.80. The van der Waals surface area contributed by atoms with Crippen LogP contribution in [0.4, 0.5) is 0 Å². The van der Waals surface area contributed by atoms with Gasteiger partial charge in [-0.1, -0.05) is 72.8 Å². The number of methoxy groups -OCH3 is 4. The van der Waals surface area contributed by atoms with Crippen molar-refractivity contribution in [3.8, 4) is 23.0 Å². The first-order chi connectivity index (χ1) is 42.8. The Morgan fingerprint density at radius 1 is 0.295 bits per heavy atom. The Hall–Kier alpha value is -11.2. The summed E-state index contributed by atoms with van der Waals surface area (Å²) in [4.78, 5) is 46.1. The molecule has 0 aliphatic carbocycles. The molecule has 88 heavy (non-hydrogen) atoms. The third-order valence-electron chi connectivity index (χ3n) is 14.6. The van der Waals surface area contributed by atoms with Gasteiger partial charge in [0.25, 0.3) is 23.6 Å². The molecule has 0 saturated heterocycles. The molecular weight excluding hydrogens is 1120 g/mol. The Kier molecular flexibility index (Phi) is 20.3. The lowest BCUT2D eigenvalue weighted by Gasteiger charge is -2.08. The summed E-state index contributed by atoms with van der Waals surface area (Å²) in [5.41, 5.74) is 16.6. The van der Waals surface area contributed by atoms with Gasteiger partial charge in [-0.3, -0.25) is 40.0 Å². The second-order valence-corrected chi connectivity index (χ2v) is 20.0. The molecular formula is C68H64N8O12. The fourth-order valence-electron chi connectivity index (χ4n) is 9.82. The summed E-state index contributed by atoms with van der Waals surface area (Å²) in [5.74, 6) is 1.23. The highest BCUT2D eigenvalue weighted by atomic mass is 16.5. The van der Waals surface area contributed by atoms with E-state index in [-0.39, 0.29) is 0 Å². The van der Waals surface area contributed by atoms with Crippen LogP contribution in [0.1, 0.15) is 63.7 Å². The molecule has 20 heteroatoms. The maximum Gasteiger partial charge on any atom is 0.274 e. The molecule has 12 aromatic rings. The van der Waals surface area contributed by atoms with E-state index in [2.05, 4.69) is 18.3 Å². The first-order valence-electron chi connectivity index (χ1n) is 27.5. The van der Waals surface area contributed by atoms with Crippen LogP contribution in [0.5, 0.6) is 23.0 Å². The number of amides is 4. The number of ether oxygens (including phenoxy) is 4. The van der Waals surface area contributed by atoms with Crippen LogP contribution in [0.25, 0.3) is 43.6 Å². The van der Waals surface area contributed by atoms with Gasteiger partial charge in [-0.25, -0.2) is 21.9 Å². The minimum atomic E-state index is -0.515. The van der Waals surface area contributed by atoms with E-state index in [0.29, 0.717) is 48.4 Å². The SMILES string of the molecule is COc1ccc(Cn2ccc3ccc(C(=O)NO)cc32)cc1.COc1ccc(Cn2ccc3ccc(C(=O)NO)cc32)cc1.COc1ccc(Cn2ccc3ccc(C(=O)NO)cc32)cc1.COc1ccc(Cn2ccc3ccc(C(=O)NO)cc32)cc1. The van der Waals surface area contributed by atoms with Crippen molar-refractivity contribution in [2.75, 3.05) is 28.4 Å². The second kappa shape index (κ2) is 29.1. The summed E-state index contributed by atoms with van der Waals surface area (Å²) in [6.45, 7) is 2.77. The summed E-state index contributed by atoms with van der Waals surface area (Å²) in [5, 5.41) is 39.2. The summed E-state index contributed by atoms with van der Waals surface area (Å²) in [6, 6.07) is 60.7. The number of nitrogens with one attached hydrogen (secondary N) is 4. The number of carbonyl (C=O) groups excluding carboxylic acids is 4. The Bertz CT molecular complexity index is 3780. The molecule has 8 N–H and O–H groups in total. The number of hydrogen-bond acceptors (Lipinski definition) is 12. The molecule has 0 radical (unpaired) electrons. The van der Waals surface area contributed by atoms with Gasteiger partial charge in [0.1, 0.15) is 23.0 Å². The first-order valence-corrected chi connectivity index (χ1v) is 27.5. The number of carbonyl (C=O) groups is 4. The fourth-order valence-corrected chi connectivity index (χ4v) is 9.82. The number of nitrogens with zero attached hydrogens (tertiary/aromatic N) is 4. The van der Waals surface area contributed by atoms with Crippen LogP contribution in [-0.2, 0) is 26.2 Å². The fraction of sp³-hybridized carbons (Fsp3) is 0.118. The molecule has 0 fully saturated rings. The predicted octanol–water partition coefficient (Wildman–Crippen LogP) is 11.3. The Balaban J connectivity index is 0.000000140. The smallest absolute Gasteiger partial charge is 0.274 e. The standard InChI is InChI=1S/4C17H16N2O3/c4*1-22-15-6-2-12(3-7-15)11-19-9-8-13-4-5-14(10-16(13)19)17(20)18-21/h4*2-10,21H,11H2,1H3,(H,18,20). The van der Waals surface area contributed by atoms with Crippen LogP contribution < -0.4 is 40.9 Å². The van der Waals surface area contributed by atoms with E-state index in [4.69, 9.17) is 39.8 Å². The third kappa shape index (κ3) is 15.0. The molecule has 0 atom stereocenters. The van der Waals surface area contributed by atoms with Gasteiger partial charge in [0.2, 0.25) is 0 Å². The van der Waals surface area contributed by atoms with E-state index >= 15 is 0 Å². The molecule has 0 unspecified atom stereocenters. The lowest BCUT2D eigenvalue weighted by Crippen LogP contribution is -2.18. The molecule has 12 rings (SSSR count). The molecule has 0 saturated carbocycles. The van der Waals surface area contributed by atoms with Crippen molar-refractivity contribution in [3.63, 3.8) is 0 Å². The van der Waals surface area contributed by atoms with Crippen LogP contribution in [-0.4, -0.2) is 91.2 Å². The van der Waals surface area contributed by atoms with Crippen molar-refractivity contribution in [2.45, 2.75) is 26.2 Å². The average molecular weight is 1190 g/mol. The van der Waals surface area contributed by atoms with Crippen molar-refractivity contribution in [1.29, 1.82) is 0 Å².